The Morgan fingerprint density at radius 3 is 2.11 bits per heavy atom. The molecule has 4 heteroatoms. The SMILES string of the molecule is COCc1ccc(CNc2c(F)cccc2F)cc1. The Morgan fingerprint density at radius 2 is 1.53 bits per heavy atom. The van der Waals surface area contributed by atoms with Crippen molar-refractivity contribution in [3.8, 4) is 0 Å². The number of para-hydroxylation sites is 1. The number of halogens is 2. The van der Waals surface area contributed by atoms with Crippen LogP contribution in [0.1, 0.15) is 11.1 Å². The van der Waals surface area contributed by atoms with Crippen LogP contribution in [0.2, 0.25) is 0 Å². The summed E-state index contributed by atoms with van der Waals surface area (Å²) in [6, 6.07) is 11.5. The number of nitrogens with one attached hydrogen (secondary N) is 1. The van der Waals surface area contributed by atoms with Gasteiger partial charge in [0.15, 0.2) is 0 Å². The molecule has 1 N–H and O–H groups in total. The second kappa shape index (κ2) is 6.29. The molecule has 0 saturated heterocycles. The molecule has 0 atom stereocenters. The molecule has 2 aromatic rings. The number of ether oxygens (including phenoxy) is 1. The van der Waals surface area contributed by atoms with Crippen LogP contribution in [-0.2, 0) is 17.9 Å². The van der Waals surface area contributed by atoms with Crippen molar-refractivity contribution < 1.29 is 13.5 Å². The number of methoxy groups -OCH3 is 1. The molecule has 0 aliphatic rings. The van der Waals surface area contributed by atoms with Gasteiger partial charge in [0, 0.05) is 13.7 Å². The van der Waals surface area contributed by atoms with Crippen molar-refractivity contribution in [2.45, 2.75) is 13.2 Å². The van der Waals surface area contributed by atoms with Gasteiger partial charge in [-0.25, -0.2) is 8.78 Å². The molecule has 0 aliphatic heterocycles. The van der Waals surface area contributed by atoms with Gasteiger partial charge in [-0.2, -0.15) is 0 Å². The molecule has 0 bridgehead atoms. The molecule has 0 heterocycles. The van der Waals surface area contributed by atoms with Gasteiger partial charge in [0.1, 0.15) is 17.3 Å². The van der Waals surface area contributed by atoms with Crippen LogP contribution in [-0.4, -0.2) is 7.11 Å². The molecule has 0 saturated carbocycles. The topological polar surface area (TPSA) is 21.3 Å². The Balaban J connectivity index is 2.02. The van der Waals surface area contributed by atoms with E-state index in [2.05, 4.69) is 5.32 Å². The number of hydrogen-bond donors (Lipinski definition) is 1. The average molecular weight is 263 g/mol. The van der Waals surface area contributed by atoms with Crippen molar-refractivity contribution >= 4 is 5.69 Å². The zero-order valence-electron chi connectivity index (χ0n) is 10.6. The molecule has 19 heavy (non-hydrogen) atoms. The lowest BCUT2D eigenvalue weighted by molar-refractivity contribution is 0.185. The summed E-state index contributed by atoms with van der Waals surface area (Å²) < 4.78 is 31.8. The Kier molecular flexibility index (Phi) is 4.47. The Labute approximate surface area is 111 Å². The highest BCUT2D eigenvalue weighted by Crippen LogP contribution is 2.19. The lowest BCUT2D eigenvalue weighted by Crippen LogP contribution is -2.03. The molecule has 0 aromatic heterocycles. The first-order valence-corrected chi connectivity index (χ1v) is 5.95. The maximum absolute atomic E-state index is 13.4. The predicted octanol–water partition coefficient (Wildman–Crippen LogP) is 3.72. The molecule has 0 spiro atoms. The van der Waals surface area contributed by atoms with Gasteiger partial charge in [0.2, 0.25) is 0 Å². The summed E-state index contributed by atoms with van der Waals surface area (Å²) in [6.07, 6.45) is 0. The first-order chi connectivity index (χ1) is 9.20. The largest absolute Gasteiger partial charge is 0.380 e. The lowest BCUT2D eigenvalue weighted by atomic mass is 10.1. The van der Waals surface area contributed by atoms with E-state index < -0.39 is 11.6 Å². The molecule has 0 aliphatic carbocycles. The van der Waals surface area contributed by atoms with Gasteiger partial charge < -0.3 is 10.1 Å². The van der Waals surface area contributed by atoms with Crippen LogP contribution in [0.3, 0.4) is 0 Å². The summed E-state index contributed by atoms with van der Waals surface area (Å²) in [4.78, 5) is 0. The third-order valence-corrected chi connectivity index (χ3v) is 2.77. The molecule has 0 amide bonds. The van der Waals surface area contributed by atoms with Gasteiger partial charge in [-0.3, -0.25) is 0 Å². The zero-order valence-corrected chi connectivity index (χ0v) is 10.6. The number of benzene rings is 2. The van der Waals surface area contributed by atoms with Crippen molar-refractivity contribution in [2.24, 2.45) is 0 Å². The summed E-state index contributed by atoms with van der Waals surface area (Å²) in [5.74, 6) is -1.17. The van der Waals surface area contributed by atoms with Crippen LogP contribution < -0.4 is 5.32 Å². The van der Waals surface area contributed by atoms with Crippen LogP contribution in [0.15, 0.2) is 42.5 Å². The average Bonchev–Trinajstić information content (AvgIpc) is 2.40. The van der Waals surface area contributed by atoms with Crippen molar-refractivity contribution in [1.82, 2.24) is 0 Å². The number of anilines is 1. The minimum Gasteiger partial charge on any atom is -0.380 e. The first kappa shape index (κ1) is 13.5. The fourth-order valence-electron chi connectivity index (χ4n) is 1.78. The maximum Gasteiger partial charge on any atom is 0.149 e. The van der Waals surface area contributed by atoms with Crippen molar-refractivity contribution in [3.05, 3.63) is 65.2 Å². The van der Waals surface area contributed by atoms with E-state index >= 15 is 0 Å². The third kappa shape index (κ3) is 3.51. The molecule has 0 unspecified atom stereocenters. The van der Waals surface area contributed by atoms with Gasteiger partial charge in [-0.1, -0.05) is 30.3 Å². The van der Waals surface area contributed by atoms with E-state index in [4.69, 9.17) is 4.74 Å². The molecule has 2 nitrogen and oxygen atoms in total. The van der Waals surface area contributed by atoms with Crippen LogP contribution in [0.5, 0.6) is 0 Å². The molecular weight excluding hydrogens is 248 g/mol. The summed E-state index contributed by atoms with van der Waals surface area (Å²) >= 11 is 0. The van der Waals surface area contributed by atoms with Crippen LogP contribution in [0.25, 0.3) is 0 Å². The van der Waals surface area contributed by atoms with Crippen molar-refractivity contribution in [3.63, 3.8) is 0 Å². The summed E-state index contributed by atoms with van der Waals surface area (Å²) in [7, 11) is 1.64. The Bertz CT molecular complexity index is 520. The summed E-state index contributed by atoms with van der Waals surface area (Å²) in [5, 5.41) is 2.77. The maximum atomic E-state index is 13.4. The molecule has 0 radical (unpaired) electrons. The van der Waals surface area contributed by atoms with E-state index in [0.717, 1.165) is 11.1 Å². The third-order valence-electron chi connectivity index (χ3n) is 2.77. The van der Waals surface area contributed by atoms with Crippen molar-refractivity contribution in [2.75, 3.05) is 12.4 Å². The van der Waals surface area contributed by atoms with E-state index in [9.17, 15) is 8.78 Å². The minimum atomic E-state index is -0.587. The molecule has 2 aromatic carbocycles. The van der Waals surface area contributed by atoms with Gasteiger partial charge >= 0.3 is 0 Å². The molecular formula is C15H15F2NO. The molecule has 2 rings (SSSR count). The highest BCUT2D eigenvalue weighted by atomic mass is 19.1. The van der Waals surface area contributed by atoms with E-state index in [1.54, 1.807) is 7.11 Å². The molecule has 0 fully saturated rings. The Morgan fingerprint density at radius 1 is 0.947 bits per heavy atom. The summed E-state index contributed by atoms with van der Waals surface area (Å²) in [5.41, 5.74) is 1.91. The van der Waals surface area contributed by atoms with Gasteiger partial charge in [0.25, 0.3) is 0 Å². The lowest BCUT2D eigenvalue weighted by Gasteiger charge is -2.09. The highest BCUT2D eigenvalue weighted by molar-refractivity contribution is 5.46. The van der Waals surface area contributed by atoms with Crippen LogP contribution in [0, 0.1) is 11.6 Å². The van der Waals surface area contributed by atoms with Gasteiger partial charge in [-0.15, -0.1) is 0 Å². The van der Waals surface area contributed by atoms with Crippen LogP contribution in [0.4, 0.5) is 14.5 Å². The number of rotatable bonds is 5. The predicted molar refractivity (Wildman–Crippen MR) is 70.8 cm³/mol. The molecule has 100 valence electrons. The number of hydrogen-bond acceptors (Lipinski definition) is 2. The highest BCUT2D eigenvalue weighted by Gasteiger charge is 2.07. The minimum absolute atomic E-state index is 0.0940. The van der Waals surface area contributed by atoms with Crippen LogP contribution >= 0.6 is 0 Å². The van der Waals surface area contributed by atoms with E-state index in [1.807, 2.05) is 24.3 Å². The standard InChI is InChI=1S/C15H15F2NO/c1-19-10-12-7-5-11(6-8-12)9-18-15-13(16)3-2-4-14(15)17/h2-8,18H,9-10H2,1H3. The van der Waals surface area contributed by atoms with Crippen molar-refractivity contribution in [1.29, 1.82) is 0 Å². The second-order valence-electron chi connectivity index (χ2n) is 4.20. The fourth-order valence-corrected chi connectivity index (χ4v) is 1.78. The van der Waals surface area contributed by atoms with E-state index in [1.165, 1.54) is 18.2 Å². The quantitative estimate of drug-likeness (QED) is 0.887. The fraction of sp³-hybridized carbons (Fsp3) is 0.200. The Hall–Kier alpha value is -1.94. The van der Waals surface area contributed by atoms with E-state index in [-0.39, 0.29) is 5.69 Å². The van der Waals surface area contributed by atoms with Gasteiger partial charge in [-0.05, 0) is 23.3 Å². The zero-order chi connectivity index (χ0) is 13.7. The summed E-state index contributed by atoms with van der Waals surface area (Å²) in [6.45, 7) is 0.917. The second-order valence-corrected chi connectivity index (χ2v) is 4.20. The van der Waals surface area contributed by atoms with E-state index in [0.29, 0.717) is 13.2 Å². The van der Waals surface area contributed by atoms with Gasteiger partial charge in [0.05, 0.1) is 6.61 Å². The first-order valence-electron chi connectivity index (χ1n) is 5.95. The monoisotopic (exact) mass is 263 g/mol. The normalized spacial score (nSPS) is 10.5. The smallest absolute Gasteiger partial charge is 0.149 e.